The molecular weight excluding hydrogens is 320 g/mol. The molecule has 0 heterocycles. The number of rotatable bonds is 4. The van der Waals surface area contributed by atoms with Gasteiger partial charge in [0.25, 0.3) is 0 Å². The summed E-state index contributed by atoms with van der Waals surface area (Å²) in [5.74, 6) is 1.06. The van der Waals surface area contributed by atoms with Crippen LogP contribution in [0.15, 0.2) is 39.4 Å². The minimum absolute atomic E-state index is 1.06. The van der Waals surface area contributed by atoms with Crippen LogP contribution in [0.5, 0.6) is 5.75 Å². The van der Waals surface area contributed by atoms with E-state index < -0.39 is 25.9 Å². The predicted octanol–water partition coefficient (Wildman–Crippen LogP) is 5.52. The molecule has 0 aliphatic heterocycles. The fraction of sp³-hybridized carbons (Fsp3) is 0.421. The molecule has 0 N–H and O–H groups in total. The van der Waals surface area contributed by atoms with Crippen LogP contribution in [-0.4, -0.2) is 11.9 Å². The Morgan fingerprint density at radius 2 is 1.64 bits per heavy atom. The van der Waals surface area contributed by atoms with Gasteiger partial charge in [-0.2, -0.15) is 0 Å². The maximum atomic E-state index is 6.60. The van der Waals surface area contributed by atoms with E-state index in [1.807, 2.05) is 0 Å². The van der Waals surface area contributed by atoms with Crippen molar-refractivity contribution in [1.82, 2.24) is 0 Å². The molecule has 0 spiro atoms. The average molecular weight is 348 g/mol. The summed E-state index contributed by atoms with van der Waals surface area (Å²) in [6, 6.07) is 6.57. The number of benzene rings is 1. The zero-order valence-electron chi connectivity index (χ0n) is 15.0. The molecule has 1 nitrogen and oxygen atoms in total. The number of allylic oxidation sites excluding steroid dienone is 4. The first kappa shape index (κ1) is 17.7. The first-order valence-corrected chi connectivity index (χ1v) is 13.7. The zero-order valence-corrected chi connectivity index (χ0v) is 17.6. The van der Waals surface area contributed by atoms with Gasteiger partial charge in [-0.3, -0.25) is 0 Å². The van der Waals surface area contributed by atoms with E-state index in [1.165, 1.54) is 14.9 Å². The van der Waals surface area contributed by atoms with Crippen LogP contribution in [0.1, 0.15) is 31.4 Å². The topological polar surface area (TPSA) is 9.23 Å². The molecule has 1 aromatic carbocycles. The summed E-state index contributed by atoms with van der Waals surface area (Å²) >= 11 is -1.84. The van der Waals surface area contributed by atoms with Crippen LogP contribution in [-0.2, 0) is 17.8 Å². The summed E-state index contributed by atoms with van der Waals surface area (Å²) in [4.78, 5) is 0. The Morgan fingerprint density at radius 3 is 2.14 bits per heavy atom. The standard InChI is InChI=1S/C8H10O.C8H13Si.C3H6.Ti/c1-6-3-7(2)5-8(9)4-6;1-9(2,3)8-6-4-5-7-8;1-3-2;/h3-5,9H,1-2H3;4,6H,5H2,1-3H3;1-2H3;/q;;;+1/p-1. The molecule has 22 heavy (non-hydrogen) atoms. The molecule has 0 unspecified atom stereocenters. The van der Waals surface area contributed by atoms with Crippen LogP contribution < -0.4 is 3.32 Å². The molecule has 1 aromatic rings. The normalized spacial score (nSPS) is 14.5. The van der Waals surface area contributed by atoms with Crippen molar-refractivity contribution in [1.29, 1.82) is 0 Å². The van der Waals surface area contributed by atoms with E-state index in [0.717, 1.165) is 12.2 Å². The van der Waals surface area contributed by atoms with E-state index in [9.17, 15) is 0 Å². The Morgan fingerprint density at radius 1 is 1.05 bits per heavy atom. The summed E-state index contributed by atoms with van der Waals surface area (Å²) in [7, 11) is -1.29. The van der Waals surface area contributed by atoms with Crippen LogP contribution in [0.25, 0.3) is 0 Å². The first-order chi connectivity index (χ1) is 10.2. The molecule has 118 valence electrons. The summed E-state index contributed by atoms with van der Waals surface area (Å²) in [6.07, 6.45) is 5.82. The number of hydrogen-bond donors (Lipinski definition) is 0. The van der Waals surface area contributed by atoms with Gasteiger partial charge >= 0.3 is 143 Å². The second-order valence-electron chi connectivity index (χ2n) is 7.50. The maximum absolute atomic E-state index is 6.60. The Kier molecular flexibility index (Phi) is 5.47. The van der Waals surface area contributed by atoms with Gasteiger partial charge in [-0.1, -0.05) is 0 Å². The Balaban J connectivity index is 2.43. The van der Waals surface area contributed by atoms with Crippen molar-refractivity contribution in [3.63, 3.8) is 0 Å². The summed E-state index contributed by atoms with van der Waals surface area (Å²) < 4.78 is 9.73. The van der Waals surface area contributed by atoms with E-state index in [-0.39, 0.29) is 0 Å². The number of aryl methyl sites for hydroxylation is 2. The van der Waals surface area contributed by atoms with Crippen LogP contribution in [0.2, 0.25) is 19.6 Å². The van der Waals surface area contributed by atoms with Gasteiger partial charge in [0.1, 0.15) is 0 Å². The van der Waals surface area contributed by atoms with Crippen molar-refractivity contribution in [2.75, 3.05) is 0 Å². The molecule has 0 atom stereocenters. The third-order valence-corrected chi connectivity index (χ3v) is 10.1. The van der Waals surface area contributed by atoms with Gasteiger partial charge < -0.3 is 0 Å². The van der Waals surface area contributed by atoms with Crippen molar-refractivity contribution in [2.45, 2.75) is 53.8 Å². The second kappa shape index (κ2) is 6.82. The van der Waals surface area contributed by atoms with Crippen molar-refractivity contribution in [2.24, 2.45) is 0 Å². The Hall–Kier alpha value is -0.699. The van der Waals surface area contributed by atoms with E-state index in [0.29, 0.717) is 0 Å². The van der Waals surface area contributed by atoms with Gasteiger partial charge in [-0.25, -0.2) is 0 Å². The third kappa shape index (κ3) is 4.19. The molecule has 0 saturated heterocycles. The molecule has 1 aliphatic rings. The molecule has 0 saturated carbocycles. The zero-order chi connectivity index (χ0) is 16.5. The Labute approximate surface area is 142 Å². The van der Waals surface area contributed by atoms with Gasteiger partial charge in [-0.15, -0.1) is 0 Å². The van der Waals surface area contributed by atoms with Crippen LogP contribution in [0, 0.1) is 13.8 Å². The monoisotopic (exact) mass is 348 g/mol. The molecule has 1 aliphatic carbocycles. The van der Waals surface area contributed by atoms with E-state index >= 15 is 0 Å². The van der Waals surface area contributed by atoms with Gasteiger partial charge in [0, 0.05) is 0 Å². The van der Waals surface area contributed by atoms with Crippen LogP contribution >= 0.6 is 0 Å². The van der Waals surface area contributed by atoms with Gasteiger partial charge in [-0.05, 0) is 0 Å². The van der Waals surface area contributed by atoms with Gasteiger partial charge in [0.05, 0.1) is 0 Å². The molecule has 2 rings (SSSR count). The quantitative estimate of drug-likeness (QED) is 0.651. The minimum atomic E-state index is -1.84. The second-order valence-corrected chi connectivity index (χ2v) is 16.4. The predicted molar refractivity (Wildman–Crippen MR) is 97.0 cm³/mol. The van der Waals surface area contributed by atoms with E-state index in [2.05, 4.69) is 77.7 Å². The van der Waals surface area contributed by atoms with Crippen molar-refractivity contribution < 1.29 is 21.1 Å². The fourth-order valence-corrected chi connectivity index (χ4v) is 9.84. The molecule has 0 amide bonds. The first-order valence-electron chi connectivity index (χ1n) is 8.02. The summed E-state index contributed by atoms with van der Waals surface area (Å²) in [5.41, 5.74) is 2.57. The molecule has 0 aromatic heterocycles. The third-order valence-electron chi connectivity index (χ3n) is 3.88. The van der Waals surface area contributed by atoms with Gasteiger partial charge in [0.15, 0.2) is 0 Å². The van der Waals surface area contributed by atoms with Crippen molar-refractivity contribution >= 4 is 11.9 Å². The molecule has 0 radical (unpaired) electrons. The van der Waals surface area contributed by atoms with Crippen molar-refractivity contribution in [3.05, 3.63) is 50.6 Å². The molecule has 0 fully saturated rings. The summed E-state index contributed by atoms with van der Waals surface area (Å²) in [6.45, 7) is 16.1. The van der Waals surface area contributed by atoms with Crippen molar-refractivity contribution in [3.8, 4) is 5.75 Å². The average Bonchev–Trinajstić information content (AvgIpc) is 2.83. The van der Waals surface area contributed by atoms with Crippen LogP contribution in [0.3, 0.4) is 0 Å². The molecule has 3 heteroatoms. The number of hydrogen-bond acceptors (Lipinski definition) is 1. The van der Waals surface area contributed by atoms with Gasteiger partial charge in [0.2, 0.25) is 0 Å². The molecule has 0 bridgehead atoms. The van der Waals surface area contributed by atoms with Crippen LogP contribution in [0.4, 0.5) is 0 Å². The molecular formula is C19H28OSiTi. The SMILES string of the molecule is C[C](C)=[Ti]([O]c1cc(C)cc(C)c1)[C]1=C([Si](C)(C)C)C=CC1. The summed E-state index contributed by atoms with van der Waals surface area (Å²) in [5, 5.41) is 1.63. The Bertz CT molecular complexity index is 651. The fourth-order valence-electron chi connectivity index (χ4n) is 3.00. The van der Waals surface area contributed by atoms with E-state index in [4.69, 9.17) is 3.32 Å². The van der Waals surface area contributed by atoms with E-state index in [1.54, 1.807) is 9.07 Å².